The molecule has 8 nitrogen and oxygen atoms in total. The smallest absolute Gasteiger partial charge is 0 e. The summed E-state index contributed by atoms with van der Waals surface area (Å²) in [7, 11) is 0. The van der Waals surface area contributed by atoms with Gasteiger partial charge in [0.05, 0.1) is 0 Å². The first kappa shape index (κ1) is 63.3. The average Bonchev–Trinajstić information content (AvgIpc) is 3.85. The zero-order valence-corrected chi connectivity index (χ0v) is 39.7. The van der Waals surface area contributed by atoms with Gasteiger partial charge in [-0.1, -0.05) is 123 Å². The Morgan fingerprint density at radius 2 is 0.891 bits per heavy atom. The van der Waals surface area contributed by atoms with Crippen molar-refractivity contribution in [1.82, 2.24) is 10.6 Å². The number of halogens is 6. The molecule has 17 heteroatoms. The SMILES string of the molecule is Cl.Cl.Cl.Cl.Cl.Cl.NCCCNCC[S-].NCCCNCC[S-].[Ge].c1ccc2c(CC3=NCC[N-]3)cccc2c1.c1ccc2c(CC3=NCC[N-]3)cccc2c1. The summed E-state index contributed by atoms with van der Waals surface area (Å²) in [5.41, 5.74) is 13.1. The van der Waals surface area contributed by atoms with Crippen LogP contribution < -0.4 is 22.1 Å². The normalized spacial score (nSPS) is 11.5. The Kier molecular flexibility index (Phi) is 47.6. The number of hydrogen-bond acceptors (Lipinski definition) is 8. The maximum atomic E-state index is 5.24. The molecule has 0 atom stereocenters. The topological polar surface area (TPSA) is 129 Å². The van der Waals surface area contributed by atoms with E-state index in [2.05, 4.69) is 116 Å². The van der Waals surface area contributed by atoms with Crippen LogP contribution in [0.3, 0.4) is 0 Å². The third-order valence-corrected chi connectivity index (χ3v) is 7.92. The van der Waals surface area contributed by atoms with Crippen molar-refractivity contribution < 1.29 is 0 Å². The van der Waals surface area contributed by atoms with E-state index < -0.39 is 0 Å². The van der Waals surface area contributed by atoms with Crippen molar-refractivity contribution in [2.45, 2.75) is 25.7 Å². The molecule has 0 fully saturated rings. The third-order valence-electron chi connectivity index (χ3n) is 7.51. The molecule has 2 heterocycles. The molecule has 6 N–H and O–H groups in total. The summed E-state index contributed by atoms with van der Waals surface area (Å²) in [6.07, 6.45) is 3.83. The fraction of sp³-hybridized carbons (Fsp3) is 0.421. The van der Waals surface area contributed by atoms with Gasteiger partial charge in [0.15, 0.2) is 0 Å². The van der Waals surface area contributed by atoms with Crippen LogP contribution in [0.5, 0.6) is 0 Å². The molecule has 4 aromatic rings. The van der Waals surface area contributed by atoms with Crippen LogP contribution in [-0.4, -0.2) is 106 Å². The number of nitrogens with zero attached hydrogens (tertiary/aromatic N) is 4. The van der Waals surface area contributed by atoms with E-state index in [4.69, 9.17) is 36.7 Å². The van der Waals surface area contributed by atoms with Crippen LogP contribution in [0.25, 0.3) is 32.2 Å². The van der Waals surface area contributed by atoms with Crippen LogP contribution in [-0.2, 0) is 38.1 Å². The number of benzene rings is 4. The molecule has 4 radical (unpaired) electrons. The van der Waals surface area contributed by atoms with Crippen molar-refractivity contribution in [3.63, 3.8) is 0 Å². The van der Waals surface area contributed by atoms with Gasteiger partial charge in [0.2, 0.25) is 0 Å². The van der Waals surface area contributed by atoms with Gasteiger partial charge in [-0.25, -0.2) is 0 Å². The molecule has 2 aliphatic rings. The fourth-order valence-corrected chi connectivity index (χ4v) is 5.41. The van der Waals surface area contributed by atoms with Crippen molar-refractivity contribution in [2.75, 3.05) is 77.0 Å². The summed E-state index contributed by atoms with van der Waals surface area (Å²) in [5.74, 6) is 3.59. The molecular weight excluding hydrogens is 918 g/mol. The second-order valence-corrected chi connectivity index (χ2v) is 12.0. The van der Waals surface area contributed by atoms with Crippen LogP contribution in [0, 0.1) is 0 Å². The van der Waals surface area contributed by atoms with Crippen molar-refractivity contribution in [2.24, 2.45) is 21.5 Å². The van der Waals surface area contributed by atoms with E-state index in [1.165, 1.54) is 32.7 Å². The largest absolute Gasteiger partial charge is 0.791 e. The van der Waals surface area contributed by atoms with E-state index in [1.807, 2.05) is 0 Å². The first-order chi connectivity index (χ1) is 23.7. The molecule has 0 saturated heterocycles. The minimum Gasteiger partial charge on any atom is -0.791 e. The molecule has 312 valence electrons. The summed E-state index contributed by atoms with van der Waals surface area (Å²) < 4.78 is 0. The van der Waals surface area contributed by atoms with Crippen molar-refractivity contribution in [3.05, 3.63) is 107 Å². The molecule has 55 heavy (non-hydrogen) atoms. The number of aliphatic imine (C=N–C) groups is 2. The third kappa shape index (κ3) is 26.0. The van der Waals surface area contributed by atoms with Crippen LogP contribution in [0.15, 0.2) is 94.9 Å². The van der Waals surface area contributed by atoms with Crippen molar-refractivity contribution in [3.8, 4) is 0 Å². The van der Waals surface area contributed by atoms with Gasteiger partial charge >= 0.3 is 0 Å². The molecule has 0 aliphatic carbocycles. The van der Waals surface area contributed by atoms with Crippen LogP contribution >= 0.6 is 74.4 Å². The molecule has 0 spiro atoms. The Bertz CT molecular complexity index is 1410. The van der Waals surface area contributed by atoms with Gasteiger partial charge in [-0.3, -0.25) is 0 Å². The number of fused-ring (bicyclic) bond motifs is 2. The predicted molar refractivity (Wildman–Crippen MR) is 263 cm³/mol. The van der Waals surface area contributed by atoms with E-state index in [1.54, 1.807) is 0 Å². The summed E-state index contributed by atoms with van der Waals surface area (Å²) in [5, 5.41) is 20.3. The van der Waals surface area contributed by atoms with Gasteiger partial charge in [0, 0.05) is 17.6 Å². The average molecular weight is 976 g/mol. The van der Waals surface area contributed by atoms with Crippen LogP contribution in [0.4, 0.5) is 0 Å². The Hall–Kier alpha value is -0.837. The monoisotopic (exact) mass is 974 g/mol. The Balaban J connectivity index is -0.000000203. The molecule has 4 aromatic carbocycles. The van der Waals surface area contributed by atoms with E-state index in [-0.39, 0.29) is 92.0 Å². The zero-order chi connectivity index (χ0) is 34.1. The maximum absolute atomic E-state index is 5.24. The second kappa shape index (κ2) is 41.3. The number of nitrogens with one attached hydrogen (secondary N) is 2. The molecule has 0 aromatic heterocycles. The van der Waals surface area contributed by atoms with Gasteiger partial charge in [0.1, 0.15) is 0 Å². The maximum Gasteiger partial charge on any atom is 0 e. The van der Waals surface area contributed by atoms with Gasteiger partial charge in [-0.05, 0) is 97.6 Å². The number of rotatable bonds is 14. The van der Waals surface area contributed by atoms with Crippen LogP contribution in [0.1, 0.15) is 24.0 Å². The van der Waals surface area contributed by atoms with Gasteiger partial charge in [0.25, 0.3) is 0 Å². The van der Waals surface area contributed by atoms with Gasteiger partial charge in [-0.2, -0.15) is 11.5 Å². The molecule has 0 bridgehead atoms. The summed E-state index contributed by atoms with van der Waals surface area (Å²) in [6, 6.07) is 29.8. The summed E-state index contributed by atoms with van der Waals surface area (Å²) >= 11 is 9.42. The molecule has 0 saturated carbocycles. The second-order valence-electron chi connectivity index (χ2n) is 11.2. The minimum atomic E-state index is 0. The van der Waals surface area contributed by atoms with E-state index in [0.29, 0.717) is 0 Å². The number of amidine groups is 2. The number of nitrogens with two attached hydrogens (primary N) is 2. The quantitative estimate of drug-likeness (QED) is 0.0592. The molecule has 0 amide bonds. The van der Waals surface area contributed by atoms with E-state index >= 15 is 0 Å². The van der Waals surface area contributed by atoms with Gasteiger partial charge in [-0.15, -0.1) is 74.4 Å². The molecular formula is C38H58Cl6GeN8S2-4. The first-order valence-electron chi connectivity index (χ1n) is 17.0. The van der Waals surface area contributed by atoms with E-state index in [0.717, 1.165) is 114 Å². The summed E-state index contributed by atoms with van der Waals surface area (Å²) in [6.45, 7) is 8.88. The molecule has 0 unspecified atom stereocenters. The molecule has 2 aliphatic heterocycles. The zero-order valence-electron chi connectivity index (χ0n) is 31.1. The van der Waals surface area contributed by atoms with Crippen molar-refractivity contribution in [1.29, 1.82) is 0 Å². The van der Waals surface area contributed by atoms with E-state index in [9.17, 15) is 0 Å². The standard InChI is InChI=1S/2C14H13N2.2C5H14N2S.6ClH.Ge/c2*1-2-7-13-11(4-1)5-3-6-12(13)10-14-15-8-9-16-14;2*6-2-1-3-7-4-5-8;;;;;;;/h2*1-7H,8-10H2;2*7-8H,1-6H2;6*1H;/q2*-1;;;;;;;;;/p-2. The minimum absolute atomic E-state index is 0. The molecule has 6 rings (SSSR count). The Morgan fingerprint density at radius 1 is 0.527 bits per heavy atom. The van der Waals surface area contributed by atoms with Gasteiger partial charge < -0.3 is 68.0 Å². The Morgan fingerprint density at radius 3 is 1.22 bits per heavy atom. The fourth-order valence-electron chi connectivity index (χ4n) is 5.12. The summed E-state index contributed by atoms with van der Waals surface area (Å²) in [4.78, 5) is 8.78. The van der Waals surface area contributed by atoms with Crippen molar-refractivity contribution >= 4 is 151 Å². The Labute approximate surface area is 388 Å². The number of hydrogen-bond donors (Lipinski definition) is 4. The first-order valence-corrected chi connectivity index (χ1v) is 18.2. The van der Waals surface area contributed by atoms with Crippen LogP contribution in [0.2, 0.25) is 0 Å². The predicted octanol–water partition coefficient (Wildman–Crippen LogP) is 7.43.